The van der Waals surface area contributed by atoms with Crippen LogP contribution in [0.1, 0.15) is 72.1 Å². The van der Waals surface area contributed by atoms with E-state index in [0.29, 0.717) is 5.41 Å². The van der Waals surface area contributed by atoms with Gasteiger partial charge in [0, 0.05) is 24.5 Å². The first-order chi connectivity index (χ1) is 11.9. The molecule has 0 bridgehead atoms. The summed E-state index contributed by atoms with van der Waals surface area (Å²) < 4.78 is 5.53. The largest absolute Gasteiger partial charge is 0.462 e. The Balaban J connectivity index is 1.60. The number of nitrogens with zero attached hydrogens (tertiary/aromatic N) is 1. The van der Waals surface area contributed by atoms with Gasteiger partial charge in [0.05, 0.1) is 0 Å². The van der Waals surface area contributed by atoms with E-state index in [0.717, 1.165) is 43.4 Å². The molecule has 0 aliphatic heterocycles. The van der Waals surface area contributed by atoms with Gasteiger partial charge in [0.25, 0.3) is 0 Å². The predicted molar refractivity (Wildman–Crippen MR) is 98.9 cm³/mol. The molecule has 0 amide bonds. The molecule has 3 saturated carbocycles. The molecule has 0 aromatic rings. The minimum absolute atomic E-state index is 0.0877. The molecule has 2 N–H and O–H groups in total. The third-order valence-corrected chi connectivity index (χ3v) is 8.29. The van der Waals surface area contributed by atoms with Crippen molar-refractivity contribution in [2.75, 3.05) is 0 Å². The molecule has 4 nitrogen and oxygen atoms in total. The van der Waals surface area contributed by atoms with Gasteiger partial charge < -0.3 is 10.6 Å². The molecule has 25 heavy (non-hydrogen) atoms. The Morgan fingerprint density at radius 2 is 1.92 bits per heavy atom. The highest BCUT2D eigenvalue weighted by atomic mass is 16.5. The van der Waals surface area contributed by atoms with E-state index in [9.17, 15) is 4.79 Å². The average molecular weight is 344 g/mol. The summed E-state index contributed by atoms with van der Waals surface area (Å²) >= 11 is 0. The van der Waals surface area contributed by atoms with Crippen molar-refractivity contribution >= 4 is 11.7 Å². The van der Waals surface area contributed by atoms with Crippen LogP contribution in [-0.2, 0) is 9.53 Å². The van der Waals surface area contributed by atoms with Gasteiger partial charge in [0.1, 0.15) is 6.10 Å². The number of ether oxygens (including phenoxy) is 1. The molecule has 6 atom stereocenters. The van der Waals surface area contributed by atoms with Crippen molar-refractivity contribution in [2.24, 2.45) is 39.5 Å². The lowest BCUT2D eigenvalue weighted by atomic mass is 9.48. The third-order valence-electron chi connectivity index (χ3n) is 8.29. The lowest BCUT2D eigenvalue weighted by molar-refractivity contribution is -0.148. The molecule has 0 aromatic heterocycles. The topological polar surface area (TPSA) is 64.7 Å². The summed E-state index contributed by atoms with van der Waals surface area (Å²) in [5, 5.41) is 4.17. The SMILES string of the molecule is CC(=O)O[C@H]1CC[C@@]2(C)C(=CC[C@@H]3[C@@H]2CC[C@]2(C)C(=NN)CC[C@@H]32)C1. The number of carbonyl (C=O) groups is 1. The maximum atomic E-state index is 11.3. The van der Waals surface area contributed by atoms with Gasteiger partial charge in [-0.3, -0.25) is 4.79 Å². The van der Waals surface area contributed by atoms with E-state index in [1.165, 1.54) is 38.3 Å². The highest BCUT2D eigenvalue weighted by molar-refractivity contribution is 5.92. The van der Waals surface area contributed by atoms with Crippen LogP contribution in [0.4, 0.5) is 0 Å². The van der Waals surface area contributed by atoms with Gasteiger partial charge in [-0.2, -0.15) is 5.10 Å². The van der Waals surface area contributed by atoms with Crippen LogP contribution in [0.15, 0.2) is 16.8 Å². The summed E-state index contributed by atoms with van der Waals surface area (Å²) in [7, 11) is 0. The Morgan fingerprint density at radius 1 is 1.20 bits per heavy atom. The van der Waals surface area contributed by atoms with Gasteiger partial charge in [0.2, 0.25) is 0 Å². The van der Waals surface area contributed by atoms with Crippen molar-refractivity contribution in [3.05, 3.63) is 11.6 Å². The molecule has 3 fully saturated rings. The van der Waals surface area contributed by atoms with Crippen molar-refractivity contribution in [3.8, 4) is 0 Å². The number of esters is 1. The van der Waals surface area contributed by atoms with Gasteiger partial charge in [-0.1, -0.05) is 25.5 Å². The molecule has 4 aliphatic carbocycles. The number of carbonyl (C=O) groups excluding carboxylic acids is 1. The molecule has 138 valence electrons. The molecule has 4 rings (SSSR count). The first-order valence-electron chi connectivity index (χ1n) is 10.0. The highest BCUT2D eigenvalue weighted by Gasteiger charge is 2.57. The van der Waals surface area contributed by atoms with E-state index < -0.39 is 0 Å². The van der Waals surface area contributed by atoms with Gasteiger partial charge in [-0.25, -0.2) is 0 Å². The molecule has 0 radical (unpaired) electrons. The zero-order valence-corrected chi connectivity index (χ0v) is 15.9. The van der Waals surface area contributed by atoms with Crippen molar-refractivity contribution < 1.29 is 9.53 Å². The van der Waals surface area contributed by atoms with Crippen LogP contribution in [0.5, 0.6) is 0 Å². The fourth-order valence-corrected chi connectivity index (χ4v) is 6.96. The molecule has 4 aliphatic rings. The Morgan fingerprint density at radius 3 is 2.64 bits per heavy atom. The second-order valence-corrected chi connectivity index (χ2v) is 9.30. The van der Waals surface area contributed by atoms with Crippen molar-refractivity contribution in [2.45, 2.75) is 78.2 Å². The Kier molecular flexibility index (Phi) is 4.01. The number of fused-ring (bicyclic) bond motifs is 5. The number of hydrogen-bond donors (Lipinski definition) is 1. The van der Waals surface area contributed by atoms with E-state index in [1.54, 1.807) is 5.57 Å². The van der Waals surface area contributed by atoms with Crippen LogP contribution < -0.4 is 5.84 Å². The van der Waals surface area contributed by atoms with E-state index in [2.05, 4.69) is 25.0 Å². The second-order valence-electron chi connectivity index (χ2n) is 9.30. The molecule has 0 aromatic carbocycles. The minimum atomic E-state index is -0.143. The van der Waals surface area contributed by atoms with Crippen LogP contribution in [-0.4, -0.2) is 17.8 Å². The quantitative estimate of drug-likeness (QED) is 0.336. The molecular formula is C21H32N2O2. The molecule has 0 saturated heterocycles. The normalized spacial score (nSPS) is 47.5. The Hall–Kier alpha value is -1.32. The van der Waals surface area contributed by atoms with E-state index in [4.69, 9.17) is 10.6 Å². The maximum absolute atomic E-state index is 11.3. The summed E-state index contributed by atoms with van der Waals surface area (Å²) in [5.41, 5.74) is 3.34. The van der Waals surface area contributed by atoms with Crippen molar-refractivity contribution in [1.82, 2.24) is 0 Å². The number of allylic oxidation sites excluding steroid dienone is 1. The summed E-state index contributed by atoms with van der Waals surface area (Å²) in [6, 6.07) is 0. The molecule has 0 heterocycles. The predicted octanol–water partition coefficient (Wildman–Crippen LogP) is 4.20. The first-order valence-corrected chi connectivity index (χ1v) is 10.0. The standard InChI is InChI=1S/C21H32N2O2/c1-13(24)25-15-8-10-20(2)14(12-15)4-5-16-17-6-7-19(23-22)21(17,3)11-9-18(16)20/h4,15-18H,5-12,22H2,1-3H3/t15-,16-,17-,18-,20-,21-/m0/s1. The minimum Gasteiger partial charge on any atom is -0.462 e. The summed E-state index contributed by atoms with van der Waals surface area (Å²) in [5.74, 6) is 7.83. The molecule has 4 heteroatoms. The van der Waals surface area contributed by atoms with Gasteiger partial charge >= 0.3 is 5.97 Å². The van der Waals surface area contributed by atoms with E-state index in [-0.39, 0.29) is 17.5 Å². The first kappa shape index (κ1) is 17.1. The monoisotopic (exact) mass is 344 g/mol. The molecule has 0 unspecified atom stereocenters. The summed E-state index contributed by atoms with van der Waals surface area (Å²) in [6.07, 6.45) is 11.7. The van der Waals surface area contributed by atoms with Gasteiger partial charge in [-0.15, -0.1) is 0 Å². The number of hydrogen-bond acceptors (Lipinski definition) is 4. The average Bonchev–Trinajstić information content (AvgIpc) is 2.91. The van der Waals surface area contributed by atoms with E-state index in [1.807, 2.05) is 0 Å². The number of rotatable bonds is 1. The van der Waals surface area contributed by atoms with Crippen molar-refractivity contribution in [1.29, 1.82) is 0 Å². The fourth-order valence-electron chi connectivity index (χ4n) is 6.96. The molecule has 0 spiro atoms. The number of hydrazone groups is 1. The lowest BCUT2D eigenvalue weighted by Crippen LogP contribution is -2.50. The van der Waals surface area contributed by atoms with Gasteiger partial charge in [0.15, 0.2) is 0 Å². The fraction of sp³-hybridized carbons (Fsp3) is 0.810. The third kappa shape index (κ3) is 2.47. The van der Waals surface area contributed by atoms with Crippen LogP contribution in [0.25, 0.3) is 0 Å². The van der Waals surface area contributed by atoms with Crippen LogP contribution in [0.2, 0.25) is 0 Å². The van der Waals surface area contributed by atoms with Crippen molar-refractivity contribution in [3.63, 3.8) is 0 Å². The zero-order chi connectivity index (χ0) is 17.8. The summed E-state index contributed by atoms with van der Waals surface area (Å²) in [6.45, 7) is 6.42. The molecular weight excluding hydrogens is 312 g/mol. The zero-order valence-electron chi connectivity index (χ0n) is 15.9. The lowest BCUT2D eigenvalue weighted by Gasteiger charge is -2.57. The van der Waals surface area contributed by atoms with Crippen LogP contribution in [0, 0.1) is 28.6 Å². The van der Waals surface area contributed by atoms with Crippen LogP contribution >= 0.6 is 0 Å². The van der Waals surface area contributed by atoms with Gasteiger partial charge in [-0.05, 0) is 68.1 Å². The Labute approximate surface area is 151 Å². The highest BCUT2D eigenvalue weighted by Crippen LogP contribution is 2.64. The number of nitrogens with two attached hydrogens (primary N) is 1. The smallest absolute Gasteiger partial charge is 0.302 e. The second kappa shape index (κ2) is 5.85. The van der Waals surface area contributed by atoms with E-state index >= 15 is 0 Å². The maximum Gasteiger partial charge on any atom is 0.302 e. The summed E-state index contributed by atoms with van der Waals surface area (Å²) in [4.78, 5) is 11.3. The Bertz CT molecular complexity index is 640. The van der Waals surface area contributed by atoms with Crippen LogP contribution in [0.3, 0.4) is 0 Å².